The van der Waals surface area contributed by atoms with E-state index in [1.165, 1.54) is 0 Å². The molecule has 0 spiro atoms. The molecule has 1 saturated heterocycles. The number of anilines is 3. The van der Waals surface area contributed by atoms with E-state index in [9.17, 15) is 4.79 Å². The lowest BCUT2D eigenvalue weighted by Gasteiger charge is -2.30. The zero-order valence-corrected chi connectivity index (χ0v) is 16.3. The molecule has 1 aromatic heterocycles. The van der Waals surface area contributed by atoms with Crippen molar-refractivity contribution in [1.82, 2.24) is 9.88 Å². The summed E-state index contributed by atoms with van der Waals surface area (Å²) in [6.07, 6.45) is 3.79. The molecule has 1 aromatic carbocycles. The normalized spacial score (nSPS) is 15.2. The van der Waals surface area contributed by atoms with Crippen molar-refractivity contribution < 1.29 is 14.3 Å². The Bertz CT molecular complexity index is 806. The standard InChI is InChI=1S/C20H27N5O3/c1-22-18-4-3-15(11-17(18)21)28-16-5-8-23-19(12-16)24-20(26)13-25-9-6-14(27-2)7-10-25/h3-5,8,11-12,14,22H,6-7,9-10,13,21H2,1-2H3,(H,23,24,26). The molecular weight excluding hydrogens is 358 g/mol. The summed E-state index contributed by atoms with van der Waals surface area (Å²) in [6, 6.07) is 8.84. The molecule has 0 aliphatic carbocycles. The highest BCUT2D eigenvalue weighted by atomic mass is 16.5. The van der Waals surface area contributed by atoms with Crippen LogP contribution >= 0.6 is 0 Å². The Labute approximate surface area is 165 Å². The van der Waals surface area contributed by atoms with Gasteiger partial charge in [-0.15, -0.1) is 0 Å². The third kappa shape index (κ3) is 5.34. The number of methoxy groups -OCH3 is 1. The molecule has 0 bridgehead atoms. The van der Waals surface area contributed by atoms with Gasteiger partial charge in [-0.05, 0) is 31.0 Å². The molecule has 0 saturated carbocycles. The fourth-order valence-electron chi connectivity index (χ4n) is 3.20. The predicted octanol–water partition coefficient (Wildman–Crippen LogP) is 2.55. The van der Waals surface area contributed by atoms with Gasteiger partial charge in [-0.25, -0.2) is 4.98 Å². The molecule has 2 heterocycles. The molecule has 1 aliphatic heterocycles. The number of nitrogen functional groups attached to an aromatic ring is 1. The maximum absolute atomic E-state index is 12.3. The van der Waals surface area contributed by atoms with E-state index in [1.54, 1.807) is 31.5 Å². The fraction of sp³-hybridized carbons (Fsp3) is 0.400. The van der Waals surface area contributed by atoms with Gasteiger partial charge < -0.3 is 25.8 Å². The van der Waals surface area contributed by atoms with Crippen LogP contribution in [0.4, 0.5) is 17.2 Å². The molecule has 0 unspecified atom stereocenters. The number of nitrogens with one attached hydrogen (secondary N) is 2. The molecular formula is C20H27N5O3. The Hall–Kier alpha value is -2.84. The van der Waals surface area contributed by atoms with Crippen molar-refractivity contribution >= 4 is 23.1 Å². The van der Waals surface area contributed by atoms with Gasteiger partial charge in [0.15, 0.2) is 0 Å². The van der Waals surface area contributed by atoms with Gasteiger partial charge in [0.25, 0.3) is 0 Å². The van der Waals surface area contributed by atoms with E-state index in [-0.39, 0.29) is 5.91 Å². The number of rotatable bonds is 7. The third-order valence-corrected chi connectivity index (χ3v) is 4.76. The van der Waals surface area contributed by atoms with Gasteiger partial charge in [0.2, 0.25) is 5.91 Å². The van der Waals surface area contributed by atoms with Gasteiger partial charge in [0, 0.05) is 45.6 Å². The lowest BCUT2D eigenvalue weighted by Crippen LogP contribution is -2.41. The number of amides is 1. The average molecular weight is 385 g/mol. The topological polar surface area (TPSA) is 102 Å². The van der Waals surface area contributed by atoms with Gasteiger partial charge in [0.1, 0.15) is 17.3 Å². The highest BCUT2D eigenvalue weighted by Gasteiger charge is 2.20. The van der Waals surface area contributed by atoms with Crippen LogP contribution < -0.4 is 21.1 Å². The van der Waals surface area contributed by atoms with E-state index < -0.39 is 0 Å². The summed E-state index contributed by atoms with van der Waals surface area (Å²) in [5, 5.41) is 5.84. The first-order chi connectivity index (χ1) is 13.6. The smallest absolute Gasteiger partial charge is 0.239 e. The second-order valence-corrected chi connectivity index (χ2v) is 6.74. The zero-order chi connectivity index (χ0) is 19.9. The largest absolute Gasteiger partial charge is 0.457 e. The lowest BCUT2D eigenvalue weighted by atomic mass is 10.1. The molecule has 4 N–H and O–H groups in total. The minimum Gasteiger partial charge on any atom is -0.457 e. The van der Waals surface area contributed by atoms with Crippen LogP contribution in [-0.2, 0) is 9.53 Å². The van der Waals surface area contributed by atoms with E-state index in [2.05, 4.69) is 20.5 Å². The molecule has 0 atom stereocenters. The van der Waals surface area contributed by atoms with Crippen molar-refractivity contribution in [3.63, 3.8) is 0 Å². The van der Waals surface area contributed by atoms with Gasteiger partial charge in [0.05, 0.1) is 24.0 Å². The maximum Gasteiger partial charge on any atom is 0.239 e. The van der Waals surface area contributed by atoms with Crippen molar-refractivity contribution in [2.75, 3.05) is 50.2 Å². The first kappa shape index (κ1) is 19.9. The van der Waals surface area contributed by atoms with Gasteiger partial charge >= 0.3 is 0 Å². The number of piperidine rings is 1. The molecule has 1 amide bonds. The van der Waals surface area contributed by atoms with Gasteiger partial charge in [-0.3, -0.25) is 9.69 Å². The Kier molecular flexibility index (Phi) is 6.67. The third-order valence-electron chi connectivity index (χ3n) is 4.76. The summed E-state index contributed by atoms with van der Waals surface area (Å²) >= 11 is 0. The Balaban J connectivity index is 1.56. The minimum atomic E-state index is -0.0943. The first-order valence-electron chi connectivity index (χ1n) is 9.33. The molecule has 28 heavy (non-hydrogen) atoms. The summed E-state index contributed by atoms with van der Waals surface area (Å²) in [5.41, 5.74) is 7.40. The van der Waals surface area contributed by atoms with Crippen LogP contribution in [0.3, 0.4) is 0 Å². The molecule has 2 aromatic rings. The molecule has 8 nitrogen and oxygen atoms in total. The van der Waals surface area contributed by atoms with Crippen LogP contribution in [-0.4, -0.2) is 55.7 Å². The Morgan fingerprint density at radius 3 is 2.68 bits per heavy atom. The highest BCUT2D eigenvalue weighted by Crippen LogP contribution is 2.28. The second kappa shape index (κ2) is 9.38. The first-order valence-corrected chi connectivity index (χ1v) is 9.33. The number of carbonyl (C=O) groups excluding carboxylic acids is 1. The monoisotopic (exact) mass is 385 g/mol. The molecule has 3 rings (SSSR count). The maximum atomic E-state index is 12.3. The number of hydrogen-bond acceptors (Lipinski definition) is 7. The van der Waals surface area contributed by atoms with E-state index in [1.807, 2.05) is 19.2 Å². The quantitative estimate of drug-likeness (QED) is 0.630. The fourth-order valence-corrected chi connectivity index (χ4v) is 3.20. The number of likely N-dealkylation sites (tertiary alicyclic amines) is 1. The average Bonchev–Trinajstić information content (AvgIpc) is 2.69. The van der Waals surface area contributed by atoms with Crippen molar-refractivity contribution in [1.29, 1.82) is 0 Å². The van der Waals surface area contributed by atoms with Crippen molar-refractivity contribution in [3.8, 4) is 11.5 Å². The second-order valence-electron chi connectivity index (χ2n) is 6.74. The van der Waals surface area contributed by atoms with E-state index in [0.717, 1.165) is 31.6 Å². The van der Waals surface area contributed by atoms with Crippen LogP contribution in [0.25, 0.3) is 0 Å². The van der Waals surface area contributed by atoms with Gasteiger partial charge in [-0.2, -0.15) is 0 Å². The number of nitrogens with two attached hydrogens (primary N) is 1. The highest BCUT2D eigenvalue weighted by molar-refractivity contribution is 5.91. The molecule has 8 heteroatoms. The van der Waals surface area contributed by atoms with Crippen molar-refractivity contribution in [2.45, 2.75) is 18.9 Å². The SMILES string of the molecule is CNc1ccc(Oc2ccnc(NC(=O)CN3CCC(OC)CC3)c2)cc1N. The molecule has 1 fully saturated rings. The summed E-state index contributed by atoms with van der Waals surface area (Å²) in [5.74, 6) is 1.54. The number of benzene rings is 1. The number of ether oxygens (including phenoxy) is 2. The summed E-state index contributed by atoms with van der Waals surface area (Å²) in [7, 11) is 3.54. The van der Waals surface area contributed by atoms with E-state index in [0.29, 0.717) is 35.7 Å². The van der Waals surface area contributed by atoms with Gasteiger partial charge in [-0.1, -0.05) is 0 Å². The van der Waals surface area contributed by atoms with Crippen LogP contribution in [0.1, 0.15) is 12.8 Å². The summed E-state index contributed by atoms with van der Waals surface area (Å²) in [6.45, 7) is 2.05. The molecule has 150 valence electrons. The van der Waals surface area contributed by atoms with E-state index >= 15 is 0 Å². The van der Waals surface area contributed by atoms with Crippen LogP contribution in [0, 0.1) is 0 Å². The summed E-state index contributed by atoms with van der Waals surface area (Å²) in [4.78, 5) is 18.6. The Morgan fingerprint density at radius 1 is 1.25 bits per heavy atom. The number of nitrogens with zero attached hydrogens (tertiary/aromatic N) is 2. The number of carbonyl (C=O) groups is 1. The lowest BCUT2D eigenvalue weighted by molar-refractivity contribution is -0.117. The van der Waals surface area contributed by atoms with E-state index in [4.69, 9.17) is 15.2 Å². The Morgan fingerprint density at radius 2 is 2.00 bits per heavy atom. The number of hydrogen-bond donors (Lipinski definition) is 3. The molecule has 1 aliphatic rings. The van der Waals surface area contributed by atoms with Crippen molar-refractivity contribution in [2.24, 2.45) is 0 Å². The predicted molar refractivity (Wildman–Crippen MR) is 110 cm³/mol. The van der Waals surface area contributed by atoms with Crippen molar-refractivity contribution in [3.05, 3.63) is 36.5 Å². The van der Waals surface area contributed by atoms with Crippen LogP contribution in [0.15, 0.2) is 36.5 Å². The number of pyridine rings is 1. The molecule has 0 radical (unpaired) electrons. The zero-order valence-electron chi connectivity index (χ0n) is 16.3. The minimum absolute atomic E-state index is 0.0943. The summed E-state index contributed by atoms with van der Waals surface area (Å²) < 4.78 is 11.2. The number of aromatic nitrogens is 1. The van der Waals surface area contributed by atoms with Crippen LogP contribution in [0.2, 0.25) is 0 Å². The van der Waals surface area contributed by atoms with Crippen LogP contribution in [0.5, 0.6) is 11.5 Å².